The average Bonchev–Trinajstić information content (AvgIpc) is 2.59. The van der Waals surface area contributed by atoms with Crippen LogP contribution in [0.1, 0.15) is 39.8 Å². The van der Waals surface area contributed by atoms with Gasteiger partial charge >= 0.3 is 6.09 Å². The molecule has 0 bridgehead atoms. The number of hydrogen-bond acceptors (Lipinski definition) is 5. The van der Waals surface area contributed by atoms with Gasteiger partial charge in [-0.15, -0.1) is 0 Å². The maximum absolute atomic E-state index is 13.5. The van der Waals surface area contributed by atoms with E-state index >= 15 is 0 Å². The van der Waals surface area contributed by atoms with Crippen LogP contribution in [0.15, 0.2) is 22.7 Å². The lowest BCUT2D eigenvalue weighted by molar-refractivity contribution is 0.0640. The standard InChI is InChI=1S/C18H19BrFN5O3/c1-9-15-13(24-17(21)23-9)8-14(11-4-3-10(20)7-12(11)19)25(16(15)26)6-2-5-22-18(27)28/h3-4,7,14,22H,2,5-6,8H2,1H3,(H,27,28)(H2,21,23,24)/t14-/m1/s1. The van der Waals surface area contributed by atoms with Crippen LogP contribution in [0.4, 0.5) is 15.1 Å². The highest BCUT2D eigenvalue weighted by Crippen LogP contribution is 2.37. The van der Waals surface area contributed by atoms with E-state index < -0.39 is 18.0 Å². The number of aryl methyl sites for hydroxylation is 1. The number of nitrogens with one attached hydrogen (secondary N) is 1. The van der Waals surface area contributed by atoms with E-state index in [1.165, 1.54) is 12.1 Å². The van der Waals surface area contributed by atoms with E-state index in [0.717, 1.165) is 5.56 Å². The number of carbonyl (C=O) groups is 2. The number of halogens is 2. The Bertz CT molecular complexity index is 940. The molecule has 3 rings (SSSR count). The zero-order chi connectivity index (χ0) is 20.4. The van der Waals surface area contributed by atoms with E-state index in [4.69, 9.17) is 10.8 Å². The lowest BCUT2D eigenvalue weighted by Gasteiger charge is -2.37. The molecule has 0 unspecified atom stereocenters. The fourth-order valence-electron chi connectivity index (χ4n) is 3.41. The second-order valence-corrected chi connectivity index (χ2v) is 7.31. The molecular weight excluding hydrogens is 433 g/mol. The number of nitrogens with two attached hydrogens (primary N) is 1. The topological polar surface area (TPSA) is 121 Å². The van der Waals surface area contributed by atoms with Gasteiger partial charge in [-0.1, -0.05) is 22.0 Å². The third-order valence-corrected chi connectivity index (χ3v) is 5.28. The van der Waals surface area contributed by atoms with Crippen LogP contribution in [0.3, 0.4) is 0 Å². The minimum absolute atomic E-state index is 0.0973. The van der Waals surface area contributed by atoms with Crippen molar-refractivity contribution in [3.63, 3.8) is 0 Å². The highest BCUT2D eigenvalue weighted by molar-refractivity contribution is 9.10. The summed E-state index contributed by atoms with van der Waals surface area (Å²) in [5.74, 6) is -0.548. The summed E-state index contributed by atoms with van der Waals surface area (Å²) in [6.45, 7) is 2.23. The van der Waals surface area contributed by atoms with Crippen molar-refractivity contribution in [1.82, 2.24) is 20.2 Å². The Labute approximate surface area is 169 Å². The molecule has 0 fully saturated rings. The molecule has 1 aliphatic heterocycles. The van der Waals surface area contributed by atoms with Crippen LogP contribution in [0.2, 0.25) is 0 Å². The van der Waals surface area contributed by atoms with Gasteiger partial charge in [0.25, 0.3) is 5.91 Å². The van der Waals surface area contributed by atoms with Gasteiger partial charge in [-0.3, -0.25) is 4.79 Å². The third kappa shape index (κ3) is 4.06. The molecule has 1 aromatic carbocycles. The largest absolute Gasteiger partial charge is 0.465 e. The quantitative estimate of drug-likeness (QED) is 0.600. The molecule has 0 saturated heterocycles. The van der Waals surface area contributed by atoms with Crippen molar-refractivity contribution in [2.75, 3.05) is 18.8 Å². The summed E-state index contributed by atoms with van der Waals surface area (Å²) < 4.78 is 14.1. The summed E-state index contributed by atoms with van der Waals surface area (Å²) in [6, 6.07) is 3.92. The molecule has 8 nitrogen and oxygen atoms in total. The minimum Gasteiger partial charge on any atom is -0.465 e. The van der Waals surface area contributed by atoms with Crippen molar-refractivity contribution in [1.29, 1.82) is 0 Å². The summed E-state index contributed by atoms with van der Waals surface area (Å²) in [5, 5.41) is 11.0. The first kappa shape index (κ1) is 20.0. The highest BCUT2D eigenvalue weighted by Gasteiger charge is 2.36. The van der Waals surface area contributed by atoms with Gasteiger partial charge in [0.2, 0.25) is 5.95 Å². The van der Waals surface area contributed by atoms with Crippen LogP contribution in [0.25, 0.3) is 0 Å². The molecule has 1 aromatic heterocycles. The normalized spacial score (nSPS) is 16.0. The summed E-state index contributed by atoms with van der Waals surface area (Å²) in [4.78, 5) is 33.9. The van der Waals surface area contributed by atoms with E-state index in [1.807, 2.05) is 0 Å². The molecule has 1 atom stereocenters. The Kier molecular flexibility index (Phi) is 5.78. The molecule has 1 aliphatic rings. The predicted octanol–water partition coefficient (Wildman–Crippen LogP) is 2.67. The minimum atomic E-state index is -1.12. The van der Waals surface area contributed by atoms with Crippen LogP contribution in [0, 0.1) is 12.7 Å². The number of nitrogen functional groups attached to an aromatic ring is 1. The summed E-state index contributed by atoms with van der Waals surface area (Å²) in [5.41, 5.74) is 7.95. The van der Waals surface area contributed by atoms with E-state index in [2.05, 4.69) is 31.2 Å². The monoisotopic (exact) mass is 451 g/mol. The van der Waals surface area contributed by atoms with Crippen molar-refractivity contribution in [3.05, 3.63) is 51.0 Å². The van der Waals surface area contributed by atoms with E-state index in [1.54, 1.807) is 17.9 Å². The van der Waals surface area contributed by atoms with Crippen molar-refractivity contribution in [2.45, 2.75) is 25.8 Å². The molecule has 2 heterocycles. The molecule has 10 heteroatoms. The summed E-state index contributed by atoms with van der Waals surface area (Å²) in [7, 11) is 0. The van der Waals surface area contributed by atoms with Gasteiger partial charge in [0.1, 0.15) is 5.82 Å². The first-order valence-electron chi connectivity index (χ1n) is 8.63. The smallest absolute Gasteiger partial charge is 0.404 e. The Morgan fingerprint density at radius 3 is 2.89 bits per heavy atom. The van der Waals surface area contributed by atoms with Gasteiger partial charge in [-0.2, -0.15) is 0 Å². The van der Waals surface area contributed by atoms with Gasteiger partial charge in [-0.25, -0.2) is 19.2 Å². The summed E-state index contributed by atoms with van der Waals surface area (Å²) in [6.07, 6.45) is -0.296. The lowest BCUT2D eigenvalue weighted by atomic mass is 9.91. The highest BCUT2D eigenvalue weighted by atomic mass is 79.9. The number of aromatic nitrogens is 2. The maximum Gasteiger partial charge on any atom is 0.404 e. The Morgan fingerprint density at radius 1 is 1.46 bits per heavy atom. The Morgan fingerprint density at radius 2 is 2.21 bits per heavy atom. The molecule has 0 saturated carbocycles. The van der Waals surface area contributed by atoms with Gasteiger partial charge in [0.05, 0.1) is 23.0 Å². The number of carbonyl (C=O) groups excluding carboxylic acids is 1. The van der Waals surface area contributed by atoms with Crippen molar-refractivity contribution >= 4 is 33.9 Å². The molecule has 4 N–H and O–H groups in total. The number of rotatable bonds is 5. The number of carboxylic acid groups (broad SMARTS) is 1. The number of benzene rings is 1. The van der Waals surface area contributed by atoms with Gasteiger partial charge in [0.15, 0.2) is 0 Å². The van der Waals surface area contributed by atoms with Crippen molar-refractivity contribution in [3.8, 4) is 0 Å². The van der Waals surface area contributed by atoms with Crippen LogP contribution < -0.4 is 11.1 Å². The zero-order valence-corrected chi connectivity index (χ0v) is 16.7. The number of hydrogen-bond donors (Lipinski definition) is 3. The number of fused-ring (bicyclic) bond motifs is 1. The number of amides is 2. The third-order valence-electron chi connectivity index (χ3n) is 4.59. The predicted molar refractivity (Wildman–Crippen MR) is 103 cm³/mol. The second kappa shape index (κ2) is 8.09. The fourth-order valence-corrected chi connectivity index (χ4v) is 4.03. The van der Waals surface area contributed by atoms with Crippen LogP contribution in [-0.4, -0.2) is 45.1 Å². The van der Waals surface area contributed by atoms with Crippen molar-refractivity contribution in [2.24, 2.45) is 0 Å². The van der Waals surface area contributed by atoms with Gasteiger partial charge in [-0.05, 0) is 31.0 Å². The van der Waals surface area contributed by atoms with Crippen molar-refractivity contribution < 1.29 is 19.1 Å². The number of anilines is 1. The second-order valence-electron chi connectivity index (χ2n) is 6.46. The first-order valence-corrected chi connectivity index (χ1v) is 9.43. The van der Waals surface area contributed by atoms with Gasteiger partial charge in [0, 0.05) is 24.0 Å². The molecule has 2 amide bonds. The first-order chi connectivity index (χ1) is 13.3. The van der Waals surface area contributed by atoms with Crippen LogP contribution in [-0.2, 0) is 6.42 Å². The molecule has 0 radical (unpaired) electrons. The zero-order valence-electron chi connectivity index (χ0n) is 15.1. The molecular formula is C18H19BrFN5O3. The fraction of sp³-hybridized carbons (Fsp3) is 0.333. The van der Waals surface area contributed by atoms with Crippen LogP contribution >= 0.6 is 15.9 Å². The Hall–Kier alpha value is -2.75. The average molecular weight is 452 g/mol. The van der Waals surface area contributed by atoms with E-state index in [0.29, 0.717) is 40.8 Å². The SMILES string of the molecule is Cc1nc(N)nc2c1C(=O)N(CCCNC(=O)O)[C@@H](c1ccc(F)cc1Br)C2. The molecule has 28 heavy (non-hydrogen) atoms. The number of nitrogens with zero attached hydrogens (tertiary/aromatic N) is 3. The molecule has 2 aromatic rings. The Balaban J connectivity index is 1.98. The maximum atomic E-state index is 13.5. The van der Waals surface area contributed by atoms with Crippen LogP contribution in [0.5, 0.6) is 0 Å². The van der Waals surface area contributed by atoms with E-state index in [9.17, 15) is 14.0 Å². The molecule has 0 spiro atoms. The summed E-state index contributed by atoms with van der Waals surface area (Å²) >= 11 is 3.37. The van der Waals surface area contributed by atoms with Gasteiger partial charge < -0.3 is 21.1 Å². The molecule has 0 aliphatic carbocycles. The molecule has 148 valence electrons. The lowest BCUT2D eigenvalue weighted by Crippen LogP contribution is -2.43. The van der Waals surface area contributed by atoms with E-state index in [-0.39, 0.29) is 18.4 Å².